The fourth-order valence-corrected chi connectivity index (χ4v) is 2.83. The number of aromatic hydroxyl groups is 1. The molecule has 118 valence electrons. The molecule has 3 aromatic rings. The molecule has 2 aromatic carbocycles. The Bertz CT molecular complexity index is 816. The van der Waals surface area contributed by atoms with Crippen molar-refractivity contribution in [1.29, 1.82) is 0 Å². The third kappa shape index (κ3) is 2.87. The summed E-state index contributed by atoms with van der Waals surface area (Å²) >= 11 is 0. The molecule has 23 heavy (non-hydrogen) atoms. The first-order valence-corrected chi connectivity index (χ1v) is 8.04. The highest BCUT2D eigenvalue weighted by Crippen LogP contribution is 2.39. The van der Waals surface area contributed by atoms with Crippen molar-refractivity contribution in [2.24, 2.45) is 0 Å². The van der Waals surface area contributed by atoms with Crippen LogP contribution in [0, 0.1) is 13.8 Å². The Morgan fingerprint density at radius 2 is 1.70 bits per heavy atom. The van der Waals surface area contributed by atoms with Crippen LogP contribution in [0.1, 0.15) is 24.5 Å². The number of hydrogen-bond donors (Lipinski definition) is 1. The molecular formula is C20H22N2O. The minimum atomic E-state index is 0.244. The Kier molecular flexibility index (Phi) is 4.20. The highest BCUT2D eigenvalue weighted by molar-refractivity contribution is 5.85. The van der Waals surface area contributed by atoms with E-state index in [2.05, 4.69) is 45.0 Å². The molecule has 0 amide bonds. The molecule has 3 rings (SSSR count). The van der Waals surface area contributed by atoms with Crippen LogP contribution in [0.25, 0.3) is 22.4 Å². The number of hydrogen-bond acceptors (Lipinski definition) is 2. The number of benzene rings is 2. The quantitative estimate of drug-likeness (QED) is 0.740. The molecule has 0 saturated heterocycles. The van der Waals surface area contributed by atoms with Crippen LogP contribution in [0.5, 0.6) is 5.88 Å². The maximum atomic E-state index is 10.7. The van der Waals surface area contributed by atoms with Crippen molar-refractivity contribution in [3.63, 3.8) is 0 Å². The summed E-state index contributed by atoms with van der Waals surface area (Å²) in [6.07, 6.45) is 0.926. The zero-order valence-electron chi connectivity index (χ0n) is 13.9. The summed E-state index contributed by atoms with van der Waals surface area (Å²) in [7, 11) is 0. The molecule has 0 bridgehead atoms. The molecule has 0 unspecified atom stereocenters. The molecular weight excluding hydrogens is 284 g/mol. The molecule has 0 aliphatic carbocycles. The van der Waals surface area contributed by atoms with Gasteiger partial charge in [-0.3, -0.25) is 0 Å². The van der Waals surface area contributed by atoms with Crippen molar-refractivity contribution in [3.8, 4) is 28.3 Å². The average molecular weight is 306 g/mol. The van der Waals surface area contributed by atoms with E-state index < -0.39 is 0 Å². The monoisotopic (exact) mass is 306 g/mol. The minimum absolute atomic E-state index is 0.244. The summed E-state index contributed by atoms with van der Waals surface area (Å²) in [6.45, 7) is 6.92. The van der Waals surface area contributed by atoms with Gasteiger partial charge in [-0.25, -0.2) is 4.68 Å². The van der Waals surface area contributed by atoms with Crippen LogP contribution in [0.2, 0.25) is 0 Å². The van der Waals surface area contributed by atoms with Crippen LogP contribution in [0.3, 0.4) is 0 Å². The Labute approximate surface area is 137 Å². The van der Waals surface area contributed by atoms with Gasteiger partial charge in [-0.05, 0) is 31.4 Å². The largest absolute Gasteiger partial charge is 0.493 e. The molecule has 0 fully saturated rings. The fourth-order valence-electron chi connectivity index (χ4n) is 2.83. The van der Waals surface area contributed by atoms with E-state index in [1.807, 2.05) is 24.3 Å². The lowest BCUT2D eigenvalue weighted by molar-refractivity contribution is 0.399. The van der Waals surface area contributed by atoms with Crippen molar-refractivity contribution in [2.75, 3.05) is 0 Å². The van der Waals surface area contributed by atoms with Crippen molar-refractivity contribution < 1.29 is 5.11 Å². The molecule has 0 saturated carbocycles. The Balaban J connectivity index is 2.24. The zero-order chi connectivity index (χ0) is 16.4. The van der Waals surface area contributed by atoms with E-state index in [1.54, 1.807) is 4.68 Å². The molecule has 0 aliphatic rings. The second-order valence-electron chi connectivity index (χ2n) is 5.95. The van der Waals surface area contributed by atoms with E-state index in [0.717, 1.165) is 34.4 Å². The molecule has 0 aliphatic heterocycles. The zero-order valence-corrected chi connectivity index (χ0v) is 13.9. The first-order chi connectivity index (χ1) is 11.1. The number of nitrogens with zero attached hydrogens (tertiary/aromatic N) is 2. The van der Waals surface area contributed by atoms with Crippen LogP contribution in [-0.4, -0.2) is 14.9 Å². The molecule has 1 N–H and O–H groups in total. The van der Waals surface area contributed by atoms with Gasteiger partial charge in [0.05, 0.1) is 5.56 Å². The van der Waals surface area contributed by atoms with Crippen LogP contribution in [0.15, 0.2) is 48.5 Å². The first kappa shape index (κ1) is 15.3. The summed E-state index contributed by atoms with van der Waals surface area (Å²) < 4.78 is 1.71. The lowest BCUT2D eigenvalue weighted by Gasteiger charge is -2.06. The van der Waals surface area contributed by atoms with Gasteiger partial charge in [0.2, 0.25) is 5.88 Å². The molecule has 3 nitrogen and oxygen atoms in total. The number of aryl methyl sites for hydroxylation is 3. The third-order valence-corrected chi connectivity index (χ3v) is 4.10. The normalized spacial score (nSPS) is 10.9. The van der Waals surface area contributed by atoms with Gasteiger partial charge in [0.15, 0.2) is 0 Å². The van der Waals surface area contributed by atoms with Crippen LogP contribution in [-0.2, 0) is 6.54 Å². The summed E-state index contributed by atoms with van der Waals surface area (Å²) in [5.74, 6) is 0.244. The maximum Gasteiger partial charge on any atom is 0.218 e. The fraction of sp³-hybridized carbons (Fsp3) is 0.250. The maximum absolute atomic E-state index is 10.7. The van der Waals surface area contributed by atoms with Gasteiger partial charge in [0, 0.05) is 12.1 Å². The Morgan fingerprint density at radius 1 is 1.00 bits per heavy atom. The summed E-state index contributed by atoms with van der Waals surface area (Å²) in [5, 5.41) is 15.4. The second kappa shape index (κ2) is 6.29. The predicted molar refractivity (Wildman–Crippen MR) is 94.5 cm³/mol. The second-order valence-corrected chi connectivity index (χ2v) is 5.95. The molecule has 0 spiro atoms. The Hall–Kier alpha value is -2.55. The van der Waals surface area contributed by atoms with Crippen molar-refractivity contribution >= 4 is 0 Å². The standard InChI is InChI=1S/C20H22N2O/c1-4-13-22-20(23)18(16-11-9-14(2)10-12-16)19(21-22)17-8-6-5-7-15(17)3/h5-12,23H,4,13H2,1-3H3. The Morgan fingerprint density at radius 3 is 2.35 bits per heavy atom. The molecule has 1 heterocycles. The lowest BCUT2D eigenvalue weighted by Crippen LogP contribution is -1.98. The lowest BCUT2D eigenvalue weighted by atomic mass is 9.98. The van der Waals surface area contributed by atoms with Gasteiger partial charge < -0.3 is 5.11 Å². The topological polar surface area (TPSA) is 38.0 Å². The van der Waals surface area contributed by atoms with Crippen LogP contribution in [0.4, 0.5) is 0 Å². The molecule has 0 atom stereocenters. The van der Waals surface area contributed by atoms with Gasteiger partial charge >= 0.3 is 0 Å². The highest BCUT2D eigenvalue weighted by atomic mass is 16.3. The summed E-state index contributed by atoms with van der Waals surface area (Å²) in [6, 6.07) is 16.4. The summed E-state index contributed by atoms with van der Waals surface area (Å²) in [5.41, 5.74) is 6.07. The van der Waals surface area contributed by atoms with Gasteiger partial charge in [-0.1, -0.05) is 61.0 Å². The first-order valence-electron chi connectivity index (χ1n) is 8.04. The van der Waals surface area contributed by atoms with Gasteiger partial charge in [0.1, 0.15) is 5.69 Å². The SMILES string of the molecule is CCCn1nc(-c2ccccc2C)c(-c2ccc(C)cc2)c1O. The highest BCUT2D eigenvalue weighted by Gasteiger charge is 2.20. The van der Waals surface area contributed by atoms with Gasteiger partial charge in [-0.15, -0.1) is 0 Å². The third-order valence-electron chi connectivity index (χ3n) is 4.10. The average Bonchev–Trinajstić information content (AvgIpc) is 2.86. The van der Waals surface area contributed by atoms with E-state index in [9.17, 15) is 5.11 Å². The summed E-state index contributed by atoms with van der Waals surface area (Å²) in [4.78, 5) is 0. The van der Waals surface area contributed by atoms with E-state index in [4.69, 9.17) is 5.10 Å². The molecule has 3 heteroatoms. The van der Waals surface area contributed by atoms with E-state index >= 15 is 0 Å². The van der Waals surface area contributed by atoms with E-state index in [1.165, 1.54) is 5.56 Å². The smallest absolute Gasteiger partial charge is 0.218 e. The molecule has 0 radical (unpaired) electrons. The molecule has 1 aromatic heterocycles. The van der Waals surface area contributed by atoms with Crippen molar-refractivity contribution in [1.82, 2.24) is 9.78 Å². The van der Waals surface area contributed by atoms with Crippen LogP contribution < -0.4 is 0 Å². The van der Waals surface area contributed by atoms with E-state index in [-0.39, 0.29) is 5.88 Å². The minimum Gasteiger partial charge on any atom is -0.493 e. The van der Waals surface area contributed by atoms with Crippen molar-refractivity contribution in [3.05, 3.63) is 59.7 Å². The van der Waals surface area contributed by atoms with E-state index in [0.29, 0.717) is 6.54 Å². The predicted octanol–water partition coefficient (Wildman–Crippen LogP) is 4.95. The van der Waals surface area contributed by atoms with Gasteiger partial charge in [-0.2, -0.15) is 5.10 Å². The van der Waals surface area contributed by atoms with Crippen molar-refractivity contribution in [2.45, 2.75) is 33.7 Å². The van der Waals surface area contributed by atoms with Gasteiger partial charge in [0.25, 0.3) is 0 Å². The number of rotatable bonds is 4. The van der Waals surface area contributed by atoms with Crippen LogP contribution >= 0.6 is 0 Å². The number of aromatic nitrogens is 2.